The zero-order chi connectivity index (χ0) is 14.7. The first-order valence-electron chi connectivity index (χ1n) is 7.12. The molecular weight excluding hydrogens is 256 g/mol. The van der Waals surface area contributed by atoms with Crippen LogP contribution in [0.15, 0.2) is 6.20 Å². The Morgan fingerprint density at radius 2 is 2.10 bits per heavy atom. The van der Waals surface area contributed by atoms with Crippen LogP contribution < -0.4 is 5.32 Å². The number of nitrogens with zero attached hydrogens (tertiary/aromatic N) is 3. The van der Waals surface area contributed by atoms with E-state index in [2.05, 4.69) is 29.2 Å². The average Bonchev–Trinajstić information content (AvgIpc) is 2.69. The van der Waals surface area contributed by atoms with E-state index in [-0.39, 0.29) is 18.1 Å². The quantitative estimate of drug-likeness (QED) is 0.876. The second kappa shape index (κ2) is 6.37. The maximum Gasteiger partial charge on any atom is 0.254 e. The number of hydrogen-bond donors (Lipinski definition) is 1. The number of amides is 1. The summed E-state index contributed by atoms with van der Waals surface area (Å²) in [5.41, 5.74) is 1.53. The normalized spacial score (nSPS) is 23.8. The van der Waals surface area contributed by atoms with Gasteiger partial charge in [-0.15, -0.1) is 0 Å². The van der Waals surface area contributed by atoms with Crippen LogP contribution in [0.5, 0.6) is 0 Å². The number of rotatable bonds is 4. The van der Waals surface area contributed by atoms with Crippen LogP contribution in [-0.4, -0.2) is 59.0 Å². The highest BCUT2D eigenvalue weighted by Gasteiger charge is 2.21. The lowest BCUT2D eigenvalue weighted by Crippen LogP contribution is -2.47. The van der Waals surface area contributed by atoms with Crippen LogP contribution in [0.4, 0.5) is 0 Å². The van der Waals surface area contributed by atoms with Gasteiger partial charge in [-0.1, -0.05) is 0 Å². The zero-order valence-corrected chi connectivity index (χ0v) is 12.7. The van der Waals surface area contributed by atoms with Crippen molar-refractivity contribution in [3.63, 3.8) is 0 Å². The minimum Gasteiger partial charge on any atom is -0.373 e. The lowest BCUT2D eigenvalue weighted by molar-refractivity contribution is -0.0672. The van der Waals surface area contributed by atoms with Crippen LogP contribution in [-0.2, 0) is 11.8 Å². The molecule has 1 fully saturated rings. The van der Waals surface area contributed by atoms with Gasteiger partial charge in [0.2, 0.25) is 0 Å². The van der Waals surface area contributed by atoms with E-state index in [1.165, 1.54) is 0 Å². The zero-order valence-electron chi connectivity index (χ0n) is 12.7. The van der Waals surface area contributed by atoms with Gasteiger partial charge in [0.15, 0.2) is 0 Å². The van der Waals surface area contributed by atoms with E-state index in [0.717, 1.165) is 25.3 Å². The fourth-order valence-electron chi connectivity index (χ4n) is 2.61. The largest absolute Gasteiger partial charge is 0.373 e. The number of carbonyl (C=O) groups excluding carboxylic acids is 1. The second-order valence-corrected chi connectivity index (χ2v) is 5.54. The lowest BCUT2D eigenvalue weighted by atomic mass is 10.2. The van der Waals surface area contributed by atoms with Crippen LogP contribution >= 0.6 is 0 Å². The Morgan fingerprint density at radius 1 is 1.45 bits per heavy atom. The Balaban J connectivity index is 1.78. The van der Waals surface area contributed by atoms with Crippen molar-refractivity contribution in [2.45, 2.75) is 33.0 Å². The molecule has 0 aliphatic carbocycles. The van der Waals surface area contributed by atoms with Crippen LogP contribution in [0.3, 0.4) is 0 Å². The molecule has 2 rings (SSSR count). The number of morpholine rings is 1. The second-order valence-electron chi connectivity index (χ2n) is 5.54. The van der Waals surface area contributed by atoms with Crippen molar-refractivity contribution in [1.29, 1.82) is 0 Å². The molecule has 0 aromatic carbocycles. The Labute approximate surface area is 120 Å². The average molecular weight is 280 g/mol. The molecule has 1 aromatic heterocycles. The number of nitrogens with one attached hydrogen (secondary N) is 1. The summed E-state index contributed by atoms with van der Waals surface area (Å²) in [7, 11) is 1.84. The van der Waals surface area contributed by atoms with E-state index < -0.39 is 0 Å². The van der Waals surface area contributed by atoms with Crippen molar-refractivity contribution in [3.05, 3.63) is 17.5 Å². The molecule has 1 aromatic rings. The molecule has 20 heavy (non-hydrogen) atoms. The third-order valence-corrected chi connectivity index (χ3v) is 3.69. The first kappa shape index (κ1) is 15.0. The Hall–Kier alpha value is -1.40. The minimum atomic E-state index is -0.0510. The summed E-state index contributed by atoms with van der Waals surface area (Å²) in [5.74, 6) is -0.0510. The molecule has 6 nitrogen and oxygen atoms in total. The smallest absolute Gasteiger partial charge is 0.254 e. The number of hydrogen-bond acceptors (Lipinski definition) is 4. The number of carbonyl (C=O) groups is 1. The summed E-state index contributed by atoms with van der Waals surface area (Å²) >= 11 is 0. The van der Waals surface area contributed by atoms with E-state index >= 15 is 0 Å². The summed E-state index contributed by atoms with van der Waals surface area (Å²) in [5, 5.41) is 7.04. The molecule has 0 radical (unpaired) electrons. The Kier molecular flexibility index (Phi) is 4.77. The highest BCUT2D eigenvalue weighted by Crippen LogP contribution is 2.10. The van der Waals surface area contributed by atoms with E-state index in [1.807, 2.05) is 14.0 Å². The summed E-state index contributed by atoms with van der Waals surface area (Å²) in [6.07, 6.45) is 2.13. The topological polar surface area (TPSA) is 59.4 Å². The third kappa shape index (κ3) is 3.58. The predicted molar refractivity (Wildman–Crippen MR) is 76.7 cm³/mol. The van der Waals surface area contributed by atoms with Crippen molar-refractivity contribution in [3.8, 4) is 0 Å². The molecule has 2 atom stereocenters. The summed E-state index contributed by atoms with van der Waals surface area (Å²) in [6.45, 7) is 9.40. The highest BCUT2D eigenvalue weighted by atomic mass is 16.5. The maximum absolute atomic E-state index is 12.0. The molecule has 1 aliphatic heterocycles. The fraction of sp³-hybridized carbons (Fsp3) is 0.714. The third-order valence-electron chi connectivity index (χ3n) is 3.69. The van der Waals surface area contributed by atoms with Crippen LogP contribution in [0, 0.1) is 6.92 Å². The highest BCUT2D eigenvalue weighted by molar-refractivity contribution is 5.94. The van der Waals surface area contributed by atoms with Gasteiger partial charge >= 0.3 is 0 Å². The van der Waals surface area contributed by atoms with Gasteiger partial charge in [-0.2, -0.15) is 5.10 Å². The van der Waals surface area contributed by atoms with Crippen LogP contribution in [0.2, 0.25) is 0 Å². The SMILES string of the molecule is Cc1c(C(=O)NCCN2C[C@@H](C)O[C@@H](C)C2)cnn1C. The van der Waals surface area contributed by atoms with Gasteiger partial charge < -0.3 is 10.1 Å². The molecular formula is C14H24N4O2. The van der Waals surface area contributed by atoms with Crippen molar-refractivity contribution in [2.75, 3.05) is 26.2 Å². The molecule has 0 bridgehead atoms. The van der Waals surface area contributed by atoms with Gasteiger partial charge in [-0.05, 0) is 20.8 Å². The maximum atomic E-state index is 12.0. The molecule has 0 unspecified atom stereocenters. The molecule has 1 N–H and O–H groups in total. The van der Waals surface area contributed by atoms with E-state index in [4.69, 9.17) is 4.74 Å². The summed E-state index contributed by atoms with van der Waals surface area (Å²) in [4.78, 5) is 14.4. The van der Waals surface area contributed by atoms with Gasteiger partial charge in [0.25, 0.3) is 5.91 Å². The lowest BCUT2D eigenvalue weighted by Gasteiger charge is -2.35. The standard InChI is InChI=1S/C14H24N4O2/c1-10-8-18(9-11(2)20-10)6-5-15-14(19)13-7-16-17(4)12(13)3/h7,10-11H,5-6,8-9H2,1-4H3,(H,15,19)/t10-,11+. The molecule has 1 saturated heterocycles. The van der Waals surface area contributed by atoms with E-state index in [1.54, 1.807) is 10.9 Å². The minimum absolute atomic E-state index is 0.0510. The monoisotopic (exact) mass is 280 g/mol. The van der Waals surface area contributed by atoms with E-state index in [9.17, 15) is 4.79 Å². The Morgan fingerprint density at radius 3 is 2.65 bits per heavy atom. The Bertz CT molecular complexity index is 462. The summed E-state index contributed by atoms with van der Waals surface area (Å²) < 4.78 is 7.40. The first-order chi connectivity index (χ1) is 9.47. The van der Waals surface area contributed by atoms with Crippen molar-refractivity contribution in [1.82, 2.24) is 20.0 Å². The molecule has 0 spiro atoms. The van der Waals surface area contributed by atoms with Gasteiger partial charge in [0.1, 0.15) is 0 Å². The molecule has 1 amide bonds. The molecule has 2 heterocycles. The summed E-state index contributed by atoms with van der Waals surface area (Å²) in [6, 6.07) is 0. The van der Waals surface area contributed by atoms with Gasteiger partial charge in [-0.3, -0.25) is 14.4 Å². The van der Waals surface area contributed by atoms with Crippen molar-refractivity contribution < 1.29 is 9.53 Å². The van der Waals surface area contributed by atoms with Gasteiger partial charge in [0.05, 0.1) is 24.0 Å². The van der Waals surface area contributed by atoms with Crippen LogP contribution in [0.25, 0.3) is 0 Å². The molecule has 0 saturated carbocycles. The first-order valence-corrected chi connectivity index (χ1v) is 7.12. The van der Waals surface area contributed by atoms with Crippen molar-refractivity contribution in [2.24, 2.45) is 7.05 Å². The molecule has 112 valence electrons. The van der Waals surface area contributed by atoms with Crippen molar-refractivity contribution >= 4 is 5.91 Å². The fourth-order valence-corrected chi connectivity index (χ4v) is 2.61. The number of aromatic nitrogens is 2. The number of ether oxygens (including phenoxy) is 1. The van der Waals surface area contributed by atoms with E-state index in [0.29, 0.717) is 12.1 Å². The van der Waals surface area contributed by atoms with Gasteiger partial charge in [-0.25, -0.2) is 0 Å². The predicted octanol–water partition coefficient (Wildman–Crippen LogP) is 0.568. The molecule has 1 aliphatic rings. The van der Waals surface area contributed by atoms with Crippen LogP contribution in [0.1, 0.15) is 29.9 Å². The van der Waals surface area contributed by atoms with Gasteiger partial charge in [0, 0.05) is 38.9 Å². The molecule has 6 heteroatoms. The number of aryl methyl sites for hydroxylation is 1.